The number of hydrogen-bond donors (Lipinski definition) is 0. The number of unbranched alkanes of at least 4 members (excludes halogenated alkanes) is 3. The van der Waals surface area contributed by atoms with Crippen molar-refractivity contribution in [2.24, 2.45) is 7.05 Å². The van der Waals surface area contributed by atoms with Gasteiger partial charge in [-0.05, 0) is 0 Å². The first-order chi connectivity index (χ1) is 13.9. The molecule has 0 unspecified atom stereocenters. The number of rotatable bonds is 13. The molecule has 0 atom stereocenters. The van der Waals surface area contributed by atoms with E-state index in [1.165, 1.54) is 61.5 Å². The van der Waals surface area contributed by atoms with Crippen molar-refractivity contribution in [2.45, 2.75) is 92.0 Å². The van der Waals surface area contributed by atoms with E-state index in [1.807, 2.05) is 23.9 Å². The third-order valence-electron chi connectivity index (χ3n) is 5.66. The van der Waals surface area contributed by atoms with E-state index in [2.05, 4.69) is 25.8 Å². The van der Waals surface area contributed by atoms with Gasteiger partial charge in [0.2, 0.25) is 0 Å². The van der Waals surface area contributed by atoms with E-state index < -0.39 is 31.0 Å². The summed E-state index contributed by atoms with van der Waals surface area (Å²) in [6, 6.07) is 8.66. The maximum absolute atomic E-state index is 13.1. The summed E-state index contributed by atoms with van der Waals surface area (Å²) >= 11 is -1.03. The Morgan fingerprint density at radius 1 is 0.931 bits per heavy atom. The molecule has 0 spiro atoms. The van der Waals surface area contributed by atoms with Crippen molar-refractivity contribution >= 4 is 34.7 Å². The third kappa shape index (κ3) is 6.33. The van der Waals surface area contributed by atoms with Crippen LogP contribution in [0.25, 0.3) is 0 Å². The number of aromatic nitrogens is 2. The van der Waals surface area contributed by atoms with E-state index in [0.29, 0.717) is 8.33 Å². The van der Waals surface area contributed by atoms with Crippen LogP contribution in [-0.4, -0.2) is 39.1 Å². The Balaban J connectivity index is 2.36. The summed E-state index contributed by atoms with van der Waals surface area (Å²) in [7, 11) is -1.68. The Labute approximate surface area is 187 Å². The van der Waals surface area contributed by atoms with Crippen molar-refractivity contribution in [1.82, 2.24) is 9.55 Å². The molecule has 1 aromatic heterocycles. The van der Waals surface area contributed by atoms with Crippen molar-refractivity contribution in [1.29, 1.82) is 0 Å². The summed E-state index contributed by atoms with van der Waals surface area (Å²) in [5, 5.41) is 0.190. The Morgan fingerprint density at radius 2 is 1.45 bits per heavy atom. The molecule has 0 N–H and O–H groups in total. The van der Waals surface area contributed by atoms with Gasteiger partial charge in [-0.3, -0.25) is 0 Å². The molecule has 0 saturated carbocycles. The maximum atomic E-state index is 13.1. The number of sulfone groups is 1. The predicted octanol–water partition coefficient (Wildman–Crippen LogP) is 5.31. The molecule has 6 heteroatoms. The fourth-order valence-electron chi connectivity index (χ4n) is 3.84. The van der Waals surface area contributed by atoms with Crippen LogP contribution >= 0.6 is 0 Å². The van der Waals surface area contributed by atoms with Crippen molar-refractivity contribution < 1.29 is 8.42 Å². The first-order valence-electron chi connectivity index (χ1n) is 11.0. The molecule has 0 aliphatic rings. The van der Waals surface area contributed by atoms with Gasteiger partial charge >= 0.3 is 188 Å². The zero-order chi connectivity index (χ0) is 21.3. The van der Waals surface area contributed by atoms with E-state index in [0.717, 1.165) is 0 Å². The Hall–Kier alpha value is -0.821. The fraction of sp³-hybridized carbons (Fsp3) is 0.609. The molecule has 0 saturated heterocycles. The standard InChI is InChI=1S/C13H27.C10H9N2O2S.Sn/c1-4-7-10-13(11-8-5-2)12-9-6-3;1-12-8-7-11-10(12)15(13,14)9-5-3-2-4-6-9;/h4-12H2,1-3H3;2-7H,1H3;. The second kappa shape index (κ2) is 11.5. The van der Waals surface area contributed by atoms with E-state index in [1.54, 1.807) is 24.3 Å². The van der Waals surface area contributed by atoms with Gasteiger partial charge in [-0.15, -0.1) is 0 Å². The molecule has 4 nitrogen and oxygen atoms in total. The molecule has 2 aromatic rings. The van der Waals surface area contributed by atoms with E-state index >= 15 is 0 Å². The average Bonchev–Trinajstić information content (AvgIpc) is 3.10. The van der Waals surface area contributed by atoms with Gasteiger partial charge in [0, 0.05) is 0 Å². The van der Waals surface area contributed by atoms with Crippen LogP contribution in [-0.2, 0) is 16.9 Å². The molecule has 1 heterocycles. The van der Waals surface area contributed by atoms with Crippen LogP contribution in [0.5, 0.6) is 0 Å². The van der Waals surface area contributed by atoms with Crippen molar-refractivity contribution in [3.05, 3.63) is 36.5 Å². The monoisotopic (exact) mass is 524 g/mol. The van der Waals surface area contributed by atoms with Gasteiger partial charge < -0.3 is 0 Å². The predicted molar refractivity (Wildman–Crippen MR) is 122 cm³/mol. The summed E-state index contributed by atoms with van der Waals surface area (Å²) in [5.41, 5.74) is 0. The zero-order valence-corrected chi connectivity index (χ0v) is 22.1. The Morgan fingerprint density at radius 3 is 1.93 bits per heavy atom. The molecule has 160 valence electrons. The molecule has 29 heavy (non-hydrogen) atoms. The Kier molecular flexibility index (Phi) is 9.73. The van der Waals surface area contributed by atoms with Crippen molar-refractivity contribution in [2.75, 3.05) is 0 Å². The molecule has 0 bridgehead atoms. The zero-order valence-electron chi connectivity index (χ0n) is 18.4. The van der Waals surface area contributed by atoms with E-state index in [-0.39, 0.29) is 5.16 Å². The van der Waals surface area contributed by atoms with Crippen molar-refractivity contribution in [3.63, 3.8) is 0 Å². The molecule has 1 aromatic carbocycles. The third-order valence-corrected chi connectivity index (χ3v) is 13.1. The van der Waals surface area contributed by atoms with Crippen LogP contribution in [0.3, 0.4) is 0 Å². The summed E-state index contributed by atoms with van der Waals surface area (Å²) in [4.78, 5) is 4.73. The molecular formula is C23H36N2O2SSn. The first-order valence-corrected chi connectivity index (χ1v) is 15.3. The number of benzene rings is 1. The molecule has 2 rings (SSSR count). The summed E-state index contributed by atoms with van der Waals surface area (Å²) in [5.74, 6) is 0. The molecule has 0 aliphatic carbocycles. The summed E-state index contributed by atoms with van der Waals surface area (Å²) in [6.07, 6.45) is 13.2. The SMILES string of the molecule is CCCC[C](CCCC)(CCCC)[Sn][c]1cnc(S(=O)(=O)c2ccccc2)n1C. The Bertz CT molecular complexity index is 825. The van der Waals surface area contributed by atoms with Gasteiger partial charge in [-0.25, -0.2) is 0 Å². The van der Waals surface area contributed by atoms with Crippen LogP contribution < -0.4 is 3.71 Å². The topological polar surface area (TPSA) is 52.0 Å². The second-order valence-electron chi connectivity index (χ2n) is 8.02. The molecular weight excluding hydrogens is 487 g/mol. The van der Waals surface area contributed by atoms with Crippen LogP contribution in [0, 0.1) is 0 Å². The molecule has 0 fully saturated rings. The average molecular weight is 523 g/mol. The van der Waals surface area contributed by atoms with Crippen molar-refractivity contribution in [3.8, 4) is 0 Å². The van der Waals surface area contributed by atoms with Gasteiger partial charge in [0.1, 0.15) is 0 Å². The summed E-state index contributed by atoms with van der Waals surface area (Å²) < 4.78 is 29.7. The molecule has 0 amide bonds. The fourth-order valence-corrected chi connectivity index (χ4v) is 10.7. The van der Waals surface area contributed by atoms with E-state index in [9.17, 15) is 8.42 Å². The van der Waals surface area contributed by atoms with Crippen LogP contribution in [0.4, 0.5) is 0 Å². The van der Waals surface area contributed by atoms with E-state index in [4.69, 9.17) is 0 Å². The number of imidazole rings is 1. The number of hydrogen-bond acceptors (Lipinski definition) is 3. The summed E-state index contributed by atoms with van der Waals surface area (Å²) in [6.45, 7) is 6.80. The minimum atomic E-state index is -3.58. The van der Waals surface area contributed by atoms with Gasteiger partial charge in [-0.1, -0.05) is 0 Å². The van der Waals surface area contributed by atoms with Gasteiger partial charge in [0.25, 0.3) is 0 Å². The minimum absolute atomic E-state index is 0.190. The van der Waals surface area contributed by atoms with Gasteiger partial charge in [0.05, 0.1) is 0 Å². The normalized spacial score (nSPS) is 12.4. The second-order valence-corrected chi connectivity index (χ2v) is 15.1. The van der Waals surface area contributed by atoms with Crippen LogP contribution in [0.15, 0.2) is 46.6 Å². The van der Waals surface area contributed by atoms with Gasteiger partial charge in [0.15, 0.2) is 0 Å². The molecule has 2 radical (unpaired) electrons. The van der Waals surface area contributed by atoms with Crippen LogP contribution in [0.2, 0.25) is 3.43 Å². The van der Waals surface area contributed by atoms with Crippen LogP contribution in [0.1, 0.15) is 78.6 Å². The molecule has 0 aliphatic heterocycles. The number of nitrogens with zero attached hydrogens (tertiary/aromatic N) is 2. The first kappa shape index (κ1) is 24.4. The quantitative estimate of drug-likeness (QED) is 0.335. The van der Waals surface area contributed by atoms with Gasteiger partial charge in [-0.2, -0.15) is 0 Å².